The Labute approximate surface area is 88.1 Å². The molecule has 0 aliphatic carbocycles. The van der Waals surface area contributed by atoms with Gasteiger partial charge < -0.3 is 15.9 Å². The van der Waals surface area contributed by atoms with Crippen LogP contribution in [0.15, 0.2) is 23.1 Å². The molecule has 15 heavy (non-hydrogen) atoms. The molecule has 4 N–H and O–H groups in total. The molecule has 0 heterocycles. The molecule has 1 atom stereocenters. The second kappa shape index (κ2) is 4.18. The highest BCUT2D eigenvalue weighted by molar-refractivity contribution is 7.90. The number of phenolic OH excluding ortho intramolecular Hbond substituents is 1. The van der Waals surface area contributed by atoms with Crippen LogP contribution in [0.3, 0.4) is 0 Å². The highest BCUT2D eigenvalue weighted by atomic mass is 32.2. The van der Waals surface area contributed by atoms with Crippen molar-refractivity contribution in [2.75, 3.05) is 12.9 Å². The summed E-state index contributed by atoms with van der Waals surface area (Å²) in [5, 5.41) is 18.2. The lowest BCUT2D eigenvalue weighted by Crippen LogP contribution is -2.14. The number of phenols is 1. The highest BCUT2D eigenvalue weighted by Gasteiger charge is 2.14. The minimum Gasteiger partial charge on any atom is -0.507 e. The van der Waals surface area contributed by atoms with E-state index in [1.165, 1.54) is 18.2 Å². The van der Waals surface area contributed by atoms with Crippen LogP contribution >= 0.6 is 0 Å². The summed E-state index contributed by atoms with van der Waals surface area (Å²) in [4.78, 5) is -0.142. The number of benzene rings is 1. The molecular formula is C9H13NO4S. The quantitative estimate of drug-likeness (QED) is 0.668. The third-order valence-corrected chi connectivity index (χ3v) is 3.15. The first kappa shape index (κ1) is 12.0. The van der Waals surface area contributed by atoms with Gasteiger partial charge in [-0.15, -0.1) is 0 Å². The topological polar surface area (TPSA) is 101 Å². The molecule has 1 rings (SSSR count). The lowest BCUT2D eigenvalue weighted by atomic mass is 10.1. The van der Waals surface area contributed by atoms with E-state index < -0.39 is 15.9 Å². The molecule has 0 spiro atoms. The van der Waals surface area contributed by atoms with Gasteiger partial charge in [0.05, 0.1) is 12.6 Å². The second-order valence-electron chi connectivity index (χ2n) is 3.29. The minimum absolute atomic E-state index is 0.142. The van der Waals surface area contributed by atoms with Crippen LogP contribution < -0.4 is 5.73 Å². The van der Waals surface area contributed by atoms with Crippen molar-refractivity contribution >= 4 is 9.84 Å². The lowest BCUT2D eigenvalue weighted by Gasteiger charge is -2.10. The summed E-state index contributed by atoms with van der Waals surface area (Å²) in [6.45, 7) is -0.266. The number of rotatable bonds is 3. The van der Waals surface area contributed by atoms with E-state index in [1.807, 2.05) is 0 Å². The second-order valence-corrected chi connectivity index (χ2v) is 5.27. The van der Waals surface area contributed by atoms with Crippen LogP contribution in [0.5, 0.6) is 5.75 Å². The molecule has 0 bridgehead atoms. The van der Waals surface area contributed by atoms with Crippen molar-refractivity contribution in [3.05, 3.63) is 23.8 Å². The molecule has 0 saturated heterocycles. The summed E-state index contributed by atoms with van der Waals surface area (Å²) in [7, 11) is -3.44. The molecule has 0 aliphatic rings. The van der Waals surface area contributed by atoms with Gasteiger partial charge in [-0.05, 0) is 17.7 Å². The first-order valence-corrected chi connectivity index (χ1v) is 6.15. The largest absolute Gasteiger partial charge is 0.507 e. The van der Waals surface area contributed by atoms with Crippen molar-refractivity contribution in [2.45, 2.75) is 10.9 Å². The van der Waals surface area contributed by atoms with E-state index in [2.05, 4.69) is 0 Å². The van der Waals surface area contributed by atoms with E-state index in [9.17, 15) is 13.5 Å². The van der Waals surface area contributed by atoms with E-state index in [1.54, 1.807) is 0 Å². The van der Waals surface area contributed by atoms with Crippen molar-refractivity contribution in [2.24, 2.45) is 5.73 Å². The van der Waals surface area contributed by atoms with Crippen LogP contribution in [0.1, 0.15) is 11.6 Å². The molecular weight excluding hydrogens is 218 g/mol. The van der Waals surface area contributed by atoms with Gasteiger partial charge in [-0.3, -0.25) is 0 Å². The molecule has 1 aromatic carbocycles. The van der Waals surface area contributed by atoms with E-state index in [-0.39, 0.29) is 17.3 Å². The monoisotopic (exact) mass is 231 g/mol. The normalized spacial score (nSPS) is 13.8. The fourth-order valence-electron chi connectivity index (χ4n) is 1.18. The van der Waals surface area contributed by atoms with Gasteiger partial charge in [0.15, 0.2) is 9.84 Å². The molecule has 6 heteroatoms. The first-order valence-electron chi connectivity index (χ1n) is 4.25. The van der Waals surface area contributed by atoms with Gasteiger partial charge in [-0.1, -0.05) is 6.07 Å². The zero-order valence-electron chi connectivity index (χ0n) is 8.21. The fourth-order valence-corrected chi connectivity index (χ4v) is 1.94. The number of hydrogen-bond donors (Lipinski definition) is 3. The average Bonchev–Trinajstić information content (AvgIpc) is 2.14. The van der Waals surface area contributed by atoms with Gasteiger partial charge in [0, 0.05) is 6.26 Å². The molecule has 0 saturated carbocycles. The Bertz CT molecular complexity index is 455. The standard InChI is InChI=1S/C9H13NO4S/c1-15(13,14)9-3-2-6(4-8(9)12)7(10)5-11/h2-4,7,11-12H,5,10H2,1H3. The van der Waals surface area contributed by atoms with Crippen molar-refractivity contribution in [1.82, 2.24) is 0 Å². The van der Waals surface area contributed by atoms with Crippen molar-refractivity contribution < 1.29 is 18.6 Å². The number of aliphatic hydroxyl groups is 1. The van der Waals surface area contributed by atoms with Gasteiger partial charge >= 0.3 is 0 Å². The van der Waals surface area contributed by atoms with Crippen LogP contribution in [0, 0.1) is 0 Å². The number of hydrogen-bond acceptors (Lipinski definition) is 5. The van der Waals surface area contributed by atoms with Crippen molar-refractivity contribution in [3.8, 4) is 5.75 Å². The fraction of sp³-hybridized carbons (Fsp3) is 0.333. The van der Waals surface area contributed by atoms with E-state index in [0.717, 1.165) is 6.26 Å². The highest BCUT2D eigenvalue weighted by Crippen LogP contribution is 2.25. The Morgan fingerprint density at radius 3 is 2.47 bits per heavy atom. The van der Waals surface area contributed by atoms with Crippen LogP contribution in [0.4, 0.5) is 0 Å². The average molecular weight is 231 g/mol. The Hall–Kier alpha value is -1.11. The zero-order chi connectivity index (χ0) is 11.6. The number of aromatic hydroxyl groups is 1. The number of aliphatic hydroxyl groups excluding tert-OH is 1. The van der Waals surface area contributed by atoms with Gasteiger partial charge in [0.25, 0.3) is 0 Å². The predicted octanol–water partition coefficient (Wildman–Crippen LogP) is -0.212. The van der Waals surface area contributed by atoms with Crippen molar-refractivity contribution in [3.63, 3.8) is 0 Å². The molecule has 0 aromatic heterocycles. The molecule has 0 fully saturated rings. The summed E-state index contributed by atoms with van der Waals surface area (Å²) in [5.41, 5.74) is 6.00. The number of sulfone groups is 1. The Morgan fingerprint density at radius 2 is 2.07 bits per heavy atom. The summed E-state index contributed by atoms with van der Waals surface area (Å²) < 4.78 is 22.3. The van der Waals surface area contributed by atoms with Crippen LogP contribution in [0.25, 0.3) is 0 Å². The third-order valence-electron chi connectivity index (χ3n) is 2.01. The van der Waals surface area contributed by atoms with E-state index in [0.29, 0.717) is 5.56 Å². The maximum absolute atomic E-state index is 11.2. The minimum atomic E-state index is -3.44. The van der Waals surface area contributed by atoms with Gasteiger partial charge in [0.2, 0.25) is 0 Å². The molecule has 0 amide bonds. The molecule has 5 nitrogen and oxygen atoms in total. The Balaban J connectivity index is 3.21. The smallest absolute Gasteiger partial charge is 0.179 e. The van der Waals surface area contributed by atoms with E-state index >= 15 is 0 Å². The van der Waals surface area contributed by atoms with Crippen LogP contribution in [-0.2, 0) is 9.84 Å². The third kappa shape index (κ3) is 2.68. The van der Waals surface area contributed by atoms with Gasteiger partial charge in [-0.2, -0.15) is 0 Å². The predicted molar refractivity (Wildman–Crippen MR) is 55.2 cm³/mol. The number of nitrogens with two attached hydrogens (primary N) is 1. The van der Waals surface area contributed by atoms with Gasteiger partial charge in [0.1, 0.15) is 10.6 Å². The Morgan fingerprint density at radius 1 is 1.47 bits per heavy atom. The molecule has 0 radical (unpaired) electrons. The maximum Gasteiger partial charge on any atom is 0.179 e. The molecule has 1 unspecified atom stereocenters. The summed E-state index contributed by atoms with van der Waals surface area (Å²) >= 11 is 0. The summed E-state index contributed by atoms with van der Waals surface area (Å²) in [6.07, 6.45) is 1.01. The molecule has 84 valence electrons. The molecule has 1 aromatic rings. The van der Waals surface area contributed by atoms with Crippen LogP contribution in [-0.4, -0.2) is 31.5 Å². The Kier molecular flexibility index (Phi) is 3.33. The van der Waals surface area contributed by atoms with Gasteiger partial charge in [-0.25, -0.2) is 8.42 Å². The lowest BCUT2D eigenvalue weighted by molar-refractivity contribution is 0.267. The molecule has 0 aliphatic heterocycles. The zero-order valence-corrected chi connectivity index (χ0v) is 9.03. The van der Waals surface area contributed by atoms with Crippen molar-refractivity contribution in [1.29, 1.82) is 0 Å². The maximum atomic E-state index is 11.2. The first-order chi connectivity index (χ1) is 6.86. The van der Waals surface area contributed by atoms with E-state index in [4.69, 9.17) is 10.8 Å². The van der Waals surface area contributed by atoms with Crippen LogP contribution in [0.2, 0.25) is 0 Å². The summed E-state index contributed by atoms with van der Waals surface area (Å²) in [5.74, 6) is -0.348. The summed E-state index contributed by atoms with van der Waals surface area (Å²) in [6, 6.07) is 3.37. The SMILES string of the molecule is CS(=O)(=O)c1ccc(C(N)CO)cc1O.